The van der Waals surface area contributed by atoms with Gasteiger partial charge in [-0.25, -0.2) is 0 Å². The van der Waals surface area contributed by atoms with E-state index < -0.39 is 8.32 Å². The van der Waals surface area contributed by atoms with Crippen molar-refractivity contribution < 1.29 is 4.43 Å². The Hall–Kier alpha value is -0.383. The third kappa shape index (κ3) is 2.80. The molecule has 0 radical (unpaired) electrons. The highest BCUT2D eigenvalue weighted by Crippen LogP contribution is 2.36. The van der Waals surface area contributed by atoms with E-state index in [4.69, 9.17) is 33.4 Å². The van der Waals surface area contributed by atoms with E-state index in [1.54, 1.807) is 12.1 Å². The first-order valence-electron chi connectivity index (χ1n) is 4.24. The number of halogens is 2. The van der Waals surface area contributed by atoms with E-state index >= 15 is 0 Å². The first-order chi connectivity index (χ1) is 6.31. The van der Waals surface area contributed by atoms with Gasteiger partial charge in [0, 0.05) is 0 Å². The zero-order valence-electron chi connectivity index (χ0n) is 8.40. The molecule has 0 fully saturated rings. The highest BCUT2D eigenvalue weighted by atomic mass is 35.5. The van der Waals surface area contributed by atoms with Crippen molar-refractivity contribution >= 4 is 37.2 Å². The van der Waals surface area contributed by atoms with Crippen molar-refractivity contribution in [3.8, 4) is 5.75 Å². The molecule has 0 saturated heterocycles. The average molecular weight is 250 g/mol. The fourth-order valence-electron chi connectivity index (χ4n) is 0.958. The topological polar surface area (TPSA) is 35.2 Å². The second kappa shape index (κ2) is 4.01. The largest absolute Gasteiger partial charge is 0.543 e. The molecule has 0 aromatic heterocycles. The van der Waals surface area contributed by atoms with Gasteiger partial charge in [-0.15, -0.1) is 0 Å². The van der Waals surface area contributed by atoms with Crippen LogP contribution in [-0.4, -0.2) is 8.32 Å². The van der Waals surface area contributed by atoms with Crippen LogP contribution in [0, 0.1) is 0 Å². The molecule has 0 aliphatic carbocycles. The van der Waals surface area contributed by atoms with E-state index in [0.717, 1.165) is 0 Å². The lowest BCUT2D eigenvalue weighted by atomic mass is 10.3. The zero-order chi connectivity index (χ0) is 10.9. The Kier molecular flexibility index (Phi) is 3.34. The third-order valence-electron chi connectivity index (χ3n) is 1.51. The van der Waals surface area contributed by atoms with Crippen molar-refractivity contribution in [2.24, 2.45) is 0 Å². The van der Waals surface area contributed by atoms with Crippen LogP contribution in [-0.2, 0) is 0 Å². The number of hydrogen-bond acceptors (Lipinski definition) is 2. The Morgan fingerprint density at radius 1 is 1.21 bits per heavy atom. The van der Waals surface area contributed by atoms with E-state index in [1.165, 1.54) is 0 Å². The molecule has 5 heteroatoms. The minimum absolute atomic E-state index is 0.379. The van der Waals surface area contributed by atoms with Gasteiger partial charge < -0.3 is 10.2 Å². The molecule has 0 spiro atoms. The second-order valence-corrected chi connectivity index (χ2v) is 9.20. The van der Waals surface area contributed by atoms with E-state index in [9.17, 15) is 0 Å². The Balaban J connectivity index is 3.06. The van der Waals surface area contributed by atoms with Gasteiger partial charge in [-0.2, -0.15) is 0 Å². The highest BCUT2D eigenvalue weighted by Gasteiger charge is 2.19. The van der Waals surface area contributed by atoms with Crippen LogP contribution in [0.15, 0.2) is 12.1 Å². The van der Waals surface area contributed by atoms with Gasteiger partial charge in [0.05, 0.1) is 10.7 Å². The summed E-state index contributed by atoms with van der Waals surface area (Å²) in [7, 11) is -1.65. The quantitative estimate of drug-likeness (QED) is 0.640. The van der Waals surface area contributed by atoms with Gasteiger partial charge >= 0.3 is 0 Å². The molecule has 2 N–H and O–H groups in total. The SMILES string of the molecule is C[Si](C)(C)Oc1ccc(Cl)c(N)c1Cl. The van der Waals surface area contributed by atoms with Gasteiger partial charge in [-0.3, -0.25) is 0 Å². The second-order valence-electron chi connectivity index (χ2n) is 3.99. The fraction of sp³-hybridized carbons (Fsp3) is 0.333. The van der Waals surface area contributed by atoms with Crippen LogP contribution in [0.25, 0.3) is 0 Å². The predicted molar refractivity (Wildman–Crippen MR) is 64.8 cm³/mol. The van der Waals surface area contributed by atoms with Gasteiger partial charge in [-0.05, 0) is 31.8 Å². The molecular weight excluding hydrogens is 237 g/mol. The number of nitrogens with two attached hydrogens (primary N) is 1. The van der Waals surface area contributed by atoms with Gasteiger partial charge in [0.1, 0.15) is 10.8 Å². The lowest BCUT2D eigenvalue weighted by Crippen LogP contribution is -2.29. The molecule has 0 atom stereocenters. The normalized spacial score (nSPS) is 11.5. The standard InChI is InChI=1S/C9H13Cl2NOSi/c1-14(2,3)13-7-5-4-6(10)9(12)8(7)11/h4-5H,12H2,1-3H3. The molecule has 1 aromatic rings. The molecule has 2 nitrogen and oxygen atoms in total. The summed E-state index contributed by atoms with van der Waals surface area (Å²) in [5, 5.41) is 0.859. The molecule has 0 saturated carbocycles. The molecule has 0 bridgehead atoms. The van der Waals surface area contributed by atoms with E-state index in [-0.39, 0.29) is 0 Å². The smallest absolute Gasteiger partial charge is 0.242 e. The molecule has 0 aliphatic rings. The van der Waals surface area contributed by atoms with Crippen molar-refractivity contribution in [2.75, 3.05) is 5.73 Å². The molecule has 14 heavy (non-hydrogen) atoms. The van der Waals surface area contributed by atoms with E-state index in [2.05, 4.69) is 19.6 Å². The van der Waals surface area contributed by atoms with E-state index in [1.807, 2.05) is 0 Å². The van der Waals surface area contributed by atoms with Crippen LogP contribution in [0.5, 0.6) is 5.75 Å². The first-order valence-corrected chi connectivity index (χ1v) is 8.40. The minimum atomic E-state index is -1.65. The summed E-state index contributed by atoms with van der Waals surface area (Å²) in [5.41, 5.74) is 6.05. The monoisotopic (exact) mass is 249 g/mol. The van der Waals surface area contributed by atoms with Crippen molar-refractivity contribution in [1.29, 1.82) is 0 Å². The number of anilines is 1. The van der Waals surface area contributed by atoms with Crippen molar-refractivity contribution in [3.63, 3.8) is 0 Å². The fourth-order valence-corrected chi connectivity index (χ4v) is 2.26. The summed E-state index contributed by atoms with van der Waals surface area (Å²) in [6, 6.07) is 3.44. The van der Waals surface area contributed by atoms with Crippen molar-refractivity contribution in [1.82, 2.24) is 0 Å². The minimum Gasteiger partial charge on any atom is -0.543 e. The highest BCUT2D eigenvalue weighted by molar-refractivity contribution is 6.70. The maximum Gasteiger partial charge on any atom is 0.242 e. The summed E-state index contributed by atoms with van der Waals surface area (Å²) in [5.74, 6) is 0.618. The molecule has 0 aliphatic heterocycles. The maximum absolute atomic E-state index is 5.99. The summed E-state index contributed by atoms with van der Waals surface area (Å²) in [4.78, 5) is 0. The Morgan fingerprint density at radius 3 is 2.29 bits per heavy atom. The number of hydrogen-bond donors (Lipinski definition) is 1. The Bertz CT molecular complexity index is 349. The van der Waals surface area contributed by atoms with Gasteiger partial charge in [0.25, 0.3) is 0 Å². The van der Waals surface area contributed by atoms with Crippen LogP contribution < -0.4 is 10.2 Å². The van der Waals surface area contributed by atoms with Crippen LogP contribution in [0.2, 0.25) is 29.7 Å². The van der Waals surface area contributed by atoms with Crippen molar-refractivity contribution in [2.45, 2.75) is 19.6 Å². The lowest BCUT2D eigenvalue weighted by Gasteiger charge is -2.20. The van der Waals surface area contributed by atoms with Crippen molar-refractivity contribution in [3.05, 3.63) is 22.2 Å². The first kappa shape index (κ1) is 11.7. The molecule has 1 rings (SSSR count). The van der Waals surface area contributed by atoms with Gasteiger partial charge in [-0.1, -0.05) is 23.2 Å². The molecule has 0 heterocycles. The molecule has 0 unspecified atom stereocenters. The Labute approximate surface area is 95.1 Å². The summed E-state index contributed by atoms with van der Waals surface area (Å²) >= 11 is 11.8. The van der Waals surface area contributed by atoms with E-state index in [0.29, 0.717) is 21.5 Å². The number of rotatable bonds is 2. The zero-order valence-corrected chi connectivity index (χ0v) is 10.9. The number of nitrogen functional groups attached to an aromatic ring is 1. The summed E-state index contributed by atoms with van der Waals surface area (Å²) in [6.45, 7) is 6.23. The molecule has 0 amide bonds. The summed E-state index contributed by atoms with van der Waals surface area (Å²) < 4.78 is 5.74. The maximum atomic E-state index is 5.99. The van der Waals surface area contributed by atoms with Gasteiger partial charge in [0.15, 0.2) is 0 Å². The molecule has 1 aromatic carbocycles. The molecular formula is C9H13Cl2NOSi. The van der Waals surface area contributed by atoms with Gasteiger partial charge in [0.2, 0.25) is 8.32 Å². The predicted octanol–water partition coefficient (Wildman–Crippen LogP) is 3.79. The number of benzene rings is 1. The van der Waals surface area contributed by atoms with Crippen LogP contribution in [0.1, 0.15) is 0 Å². The van der Waals surface area contributed by atoms with Crippen LogP contribution >= 0.6 is 23.2 Å². The third-order valence-corrected chi connectivity index (χ3v) is 3.06. The van der Waals surface area contributed by atoms with Crippen LogP contribution in [0.4, 0.5) is 5.69 Å². The Morgan fingerprint density at radius 2 is 1.79 bits per heavy atom. The molecule has 78 valence electrons. The average Bonchev–Trinajstić information content (AvgIpc) is 2.04. The summed E-state index contributed by atoms with van der Waals surface area (Å²) in [6.07, 6.45) is 0. The van der Waals surface area contributed by atoms with Crippen LogP contribution in [0.3, 0.4) is 0 Å². The lowest BCUT2D eigenvalue weighted by molar-refractivity contribution is 0.558.